The van der Waals surface area contributed by atoms with Crippen LogP contribution in [0.25, 0.3) is 0 Å². The highest BCUT2D eigenvalue weighted by atomic mass is 35.5. The Morgan fingerprint density at radius 1 is 1.25 bits per heavy atom. The third kappa shape index (κ3) is 5.19. The van der Waals surface area contributed by atoms with E-state index in [1.165, 1.54) is 12.1 Å². The molecular weight excluding hydrogens is 320 g/mol. The summed E-state index contributed by atoms with van der Waals surface area (Å²) in [5, 5.41) is 0.189. The largest absolute Gasteiger partial charge is 0.492 e. The van der Waals surface area contributed by atoms with Crippen LogP contribution in [0.3, 0.4) is 0 Å². The number of carbonyl (C=O) groups excluding carboxylic acids is 1. The van der Waals surface area contributed by atoms with Crippen molar-refractivity contribution in [3.05, 3.63) is 27.7 Å². The maximum Gasteiger partial charge on any atom is 0.411 e. The molecule has 0 fully saturated rings. The fourth-order valence-electron chi connectivity index (χ4n) is 1.35. The van der Waals surface area contributed by atoms with E-state index in [9.17, 15) is 18.0 Å². The predicted molar refractivity (Wildman–Crippen MR) is 68.8 cm³/mol. The van der Waals surface area contributed by atoms with Gasteiger partial charge >= 0.3 is 6.18 Å². The van der Waals surface area contributed by atoms with Crippen molar-refractivity contribution in [1.82, 2.24) is 0 Å². The molecular formula is C12H11Cl2F3O3. The molecule has 8 heteroatoms. The SMILES string of the molecule is CCOc1cc(Cl)c(C(=O)COCC(F)(F)F)cc1Cl. The van der Waals surface area contributed by atoms with Gasteiger partial charge in [0.1, 0.15) is 19.0 Å². The molecule has 1 aromatic rings. The van der Waals surface area contributed by atoms with Crippen LogP contribution in [0.2, 0.25) is 10.0 Å². The van der Waals surface area contributed by atoms with Crippen molar-refractivity contribution in [3.63, 3.8) is 0 Å². The van der Waals surface area contributed by atoms with Crippen LogP contribution in [0, 0.1) is 0 Å². The third-order valence-electron chi connectivity index (χ3n) is 2.12. The van der Waals surface area contributed by atoms with Gasteiger partial charge in [0.2, 0.25) is 0 Å². The molecule has 0 radical (unpaired) electrons. The second kappa shape index (κ2) is 7.15. The molecule has 1 aromatic carbocycles. The maximum absolute atomic E-state index is 11.9. The van der Waals surface area contributed by atoms with Gasteiger partial charge in [-0.1, -0.05) is 23.2 Å². The van der Waals surface area contributed by atoms with Gasteiger partial charge < -0.3 is 9.47 Å². The number of ketones is 1. The predicted octanol–water partition coefficient (Wildman–Crippen LogP) is 4.15. The van der Waals surface area contributed by atoms with E-state index in [4.69, 9.17) is 27.9 Å². The number of halogens is 5. The molecule has 112 valence electrons. The first kappa shape index (κ1) is 17.1. The van der Waals surface area contributed by atoms with Gasteiger partial charge in [0.15, 0.2) is 5.78 Å². The number of Topliss-reactive ketones (excluding diaryl/α,β-unsaturated/α-hetero) is 1. The zero-order chi connectivity index (χ0) is 15.3. The second-order valence-corrected chi connectivity index (χ2v) is 4.54. The van der Waals surface area contributed by atoms with E-state index in [0.717, 1.165) is 0 Å². The third-order valence-corrected chi connectivity index (χ3v) is 2.73. The van der Waals surface area contributed by atoms with Gasteiger partial charge in [0, 0.05) is 11.6 Å². The summed E-state index contributed by atoms with van der Waals surface area (Å²) in [6.45, 7) is -0.128. The molecule has 1 rings (SSSR count). The Kier molecular flexibility index (Phi) is 6.10. The monoisotopic (exact) mass is 330 g/mol. The maximum atomic E-state index is 11.9. The Labute approximate surface area is 123 Å². The molecule has 0 N–H and O–H groups in total. The van der Waals surface area contributed by atoms with Crippen LogP contribution in [0.4, 0.5) is 13.2 Å². The molecule has 0 atom stereocenters. The smallest absolute Gasteiger partial charge is 0.411 e. The van der Waals surface area contributed by atoms with Gasteiger partial charge in [-0.15, -0.1) is 0 Å². The summed E-state index contributed by atoms with van der Waals surface area (Å²) in [6.07, 6.45) is -4.49. The zero-order valence-corrected chi connectivity index (χ0v) is 11.9. The van der Waals surface area contributed by atoms with E-state index >= 15 is 0 Å². The van der Waals surface area contributed by atoms with E-state index in [0.29, 0.717) is 12.4 Å². The normalized spacial score (nSPS) is 11.5. The van der Waals surface area contributed by atoms with Crippen LogP contribution in [0.1, 0.15) is 17.3 Å². The molecule has 0 aliphatic heterocycles. The second-order valence-electron chi connectivity index (χ2n) is 3.73. The van der Waals surface area contributed by atoms with Crippen LogP contribution in [-0.2, 0) is 4.74 Å². The quantitative estimate of drug-likeness (QED) is 0.735. The lowest BCUT2D eigenvalue weighted by Crippen LogP contribution is -2.20. The standard InChI is InChI=1S/C12H11Cl2F3O3/c1-2-20-11-4-8(13)7(3-9(11)14)10(18)5-19-6-12(15,16)17/h3-4H,2,5-6H2,1H3. The van der Waals surface area contributed by atoms with E-state index < -0.39 is 25.2 Å². The summed E-state index contributed by atoms with van der Waals surface area (Å²) in [7, 11) is 0. The highest BCUT2D eigenvalue weighted by Gasteiger charge is 2.28. The lowest BCUT2D eigenvalue weighted by atomic mass is 10.1. The summed E-state index contributed by atoms with van der Waals surface area (Å²) < 4.78 is 45.1. The van der Waals surface area contributed by atoms with Crippen LogP contribution in [-0.4, -0.2) is 31.8 Å². The number of carbonyl (C=O) groups is 1. The van der Waals surface area contributed by atoms with E-state index in [-0.39, 0.29) is 15.6 Å². The fraction of sp³-hybridized carbons (Fsp3) is 0.417. The number of ether oxygens (including phenoxy) is 2. The minimum absolute atomic E-state index is 0.0118. The molecule has 0 aliphatic carbocycles. The Bertz CT molecular complexity index is 490. The first-order valence-corrected chi connectivity index (χ1v) is 6.29. The van der Waals surface area contributed by atoms with E-state index in [1.54, 1.807) is 6.92 Å². The van der Waals surface area contributed by atoms with Gasteiger partial charge in [-0.25, -0.2) is 0 Å². The molecule has 0 bridgehead atoms. The van der Waals surface area contributed by atoms with Gasteiger partial charge in [-0.05, 0) is 13.0 Å². The summed E-state index contributed by atoms with van der Waals surface area (Å²) in [4.78, 5) is 11.7. The molecule has 0 heterocycles. The summed E-state index contributed by atoms with van der Waals surface area (Å²) in [6, 6.07) is 2.58. The Hall–Kier alpha value is -0.980. The molecule has 0 unspecified atom stereocenters. The van der Waals surface area contributed by atoms with Crippen molar-refractivity contribution >= 4 is 29.0 Å². The molecule has 20 heavy (non-hydrogen) atoms. The first-order chi connectivity index (χ1) is 9.24. The molecule has 0 saturated carbocycles. The number of hydrogen-bond acceptors (Lipinski definition) is 3. The van der Waals surface area contributed by atoms with Crippen LogP contribution in [0.15, 0.2) is 12.1 Å². The van der Waals surface area contributed by atoms with Gasteiger partial charge in [-0.2, -0.15) is 13.2 Å². The van der Waals surface area contributed by atoms with E-state index in [1.807, 2.05) is 0 Å². The van der Waals surface area contributed by atoms with E-state index in [2.05, 4.69) is 4.74 Å². The summed E-state index contributed by atoms with van der Waals surface area (Å²) >= 11 is 11.7. The zero-order valence-electron chi connectivity index (χ0n) is 10.4. The average molecular weight is 331 g/mol. The summed E-state index contributed by atoms with van der Waals surface area (Å²) in [5.41, 5.74) is -0.0118. The molecule has 0 amide bonds. The van der Waals surface area contributed by atoms with Gasteiger partial charge in [-0.3, -0.25) is 4.79 Å². The Morgan fingerprint density at radius 3 is 2.45 bits per heavy atom. The number of rotatable bonds is 6. The lowest BCUT2D eigenvalue weighted by molar-refractivity contribution is -0.170. The van der Waals surface area contributed by atoms with Crippen LogP contribution < -0.4 is 4.74 Å². The topological polar surface area (TPSA) is 35.5 Å². The Balaban J connectivity index is 2.76. The highest BCUT2D eigenvalue weighted by Crippen LogP contribution is 2.31. The highest BCUT2D eigenvalue weighted by molar-refractivity contribution is 6.36. The molecule has 0 saturated heterocycles. The minimum atomic E-state index is -4.49. The average Bonchev–Trinajstić information content (AvgIpc) is 2.32. The minimum Gasteiger partial charge on any atom is -0.492 e. The molecule has 0 aliphatic rings. The first-order valence-electron chi connectivity index (χ1n) is 5.54. The van der Waals surface area contributed by atoms with Crippen molar-refractivity contribution < 1.29 is 27.4 Å². The van der Waals surface area contributed by atoms with Gasteiger partial charge in [0.25, 0.3) is 0 Å². The van der Waals surface area contributed by atoms with Crippen LogP contribution in [0.5, 0.6) is 5.75 Å². The lowest BCUT2D eigenvalue weighted by Gasteiger charge is -2.10. The van der Waals surface area contributed by atoms with Crippen molar-refractivity contribution in [2.75, 3.05) is 19.8 Å². The number of hydrogen-bond donors (Lipinski definition) is 0. The number of benzene rings is 1. The molecule has 0 aromatic heterocycles. The summed E-state index contributed by atoms with van der Waals surface area (Å²) in [5.74, 6) is -0.392. The fourth-order valence-corrected chi connectivity index (χ4v) is 1.82. The van der Waals surface area contributed by atoms with Crippen molar-refractivity contribution in [3.8, 4) is 5.75 Å². The number of alkyl halides is 3. The van der Waals surface area contributed by atoms with Crippen molar-refractivity contribution in [2.45, 2.75) is 13.1 Å². The van der Waals surface area contributed by atoms with Crippen molar-refractivity contribution in [2.24, 2.45) is 0 Å². The van der Waals surface area contributed by atoms with Gasteiger partial charge in [0.05, 0.1) is 16.7 Å². The van der Waals surface area contributed by atoms with Crippen molar-refractivity contribution in [1.29, 1.82) is 0 Å². The molecule has 0 spiro atoms. The molecule has 3 nitrogen and oxygen atoms in total. The Morgan fingerprint density at radius 2 is 1.90 bits per heavy atom. The van der Waals surface area contributed by atoms with Crippen LogP contribution >= 0.6 is 23.2 Å².